The minimum atomic E-state index is -1.08. The van der Waals surface area contributed by atoms with Gasteiger partial charge in [0.1, 0.15) is 0 Å². The molecule has 5 aliphatic rings. The van der Waals surface area contributed by atoms with Gasteiger partial charge in [0.2, 0.25) is 5.78 Å². The number of Topliss-reactive ketones (excluding diaryl/α,β-unsaturated/α-hetero) is 1. The third-order valence-corrected chi connectivity index (χ3v) is 12.8. The number of fused-ring (bicyclic) bond motifs is 7. The SMILES string of the molecule is C[C@@H]1CC[C@]2(C(=O)O)CC[C@]3(C)C(=CC[C@@H]4[C@@]5(C)C=C(O)C(=O)C(C)(C)[C@H]5CC[C@]43C)[C@@H]2[C@]1(C)O. The molecule has 0 saturated heterocycles. The molecule has 0 radical (unpaired) electrons. The number of carbonyl (C=O) groups is 2. The predicted molar refractivity (Wildman–Crippen MR) is 135 cm³/mol. The van der Waals surface area contributed by atoms with Crippen molar-refractivity contribution in [3.63, 3.8) is 0 Å². The molecule has 194 valence electrons. The Hall–Kier alpha value is -1.62. The molecule has 9 atom stereocenters. The number of hydrogen-bond donors (Lipinski definition) is 3. The molecule has 3 N–H and O–H groups in total. The number of hydrogen-bond acceptors (Lipinski definition) is 4. The highest BCUT2D eigenvalue weighted by Crippen LogP contribution is 2.75. The van der Waals surface area contributed by atoms with Crippen LogP contribution in [0.2, 0.25) is 0 Å². The average Bonchev–Trinajstić information content (AvgIpc) is 2.75. The van der Waals surface area contributed by atoms with E-state index in [0.29, 0.717) is 12.8 Å². The van der Waals surface area contributed by atoms with Crippen molar-refractivity contribution in [1.29, 1.82) is 0 Å². The number of carbonyl (C=O) groups excluding carboxylic acids is 1. The quantitative estimate of drug-likeness (QED) is 0.392. The summed E-state index contributed by atoms with van der Waals surface area (Å²) in [4.78, 5) is 25.7. The number of aliphatic hydroxyl groups is 2. The Morgan fingerprint density at radius 3 is 2.26 bits per heavy atom. The number of allylic oxidation sites excluding steroid dienone is 3. The molecule has 0 aromatic carbocycles. The molecule has 0 aliphatic heterocycles. The summed E-state index contributed by atoms with van der Waals surface area (Å²) in [5.41, 5.74) is -2.16. The molecular formula is C30H44O5. The molecule has 0 amide bonds. The molecular weight excluding hydrogens is 440 g/mol. The Bertz CT molecular complexity index is 1050. The monoisotopic (exact) mass is 484 g/mol. The number of aliphatic carboxylic acids is 1. The molecule has 35 heavy (non-hydrogen) atoms. The van der Waals surface area contributed by atoms with E-state index in [-0.39, 0.29) is 45.5 Å². The molecule has 0 spiro atoms. The van der Waals surface area contributed by atoms with E-state index in [4.69, 9.17) is 0 Å². The van der Waals surface area contributed by atoms with Gasteiger partial charge >= 0.3 is 5.97 Å². The highest BCUT2D eigenvalue weighted by molar-refractivity contribution is 5.98. The van der Waals surface area contributed by atoms with E-state index in [0.717, 1.165) is 37.7 Å². The summed E-state index contributed by atoms with van der Waals surface area (Å²) in [7, 11) is 0. The number of rotatable bonds is 1. The molecule has 3 fully saturated rings. The van der Waals surface area contributed by atoms with E-state index in [1.165, 1.54) is 0 Å². The largest absolute Gasteiger partial charge is 0.505 e. The van der Waals surface area contributed by atoms with E-state index >= 15 is 0 Å². The fourth-order valence-electron chi connectivity index (χ4n) is 10.3. The van der Waals surface area contributed by atoms with Crippen molar-refractivity contribution in [2.24, 2.45) is 50.7 Å². The second-order valence-corrected chi connectivity index (χ2v) is 14.3. The van der Waals surface area contributed by atoms with Gasteiger partial charge in [0.05, 0.1) is 11.0 Å². The lowest BCUT2D eigenvalue weighted by Gasteiger charge is -2.70. The predicted octanol–water partition coefficient (Wildman–Crippen LogP) is 6.07. The molecule has 0 bridgehead atoms. The van der Waals surface area contributed by atoms with Gasteiger partial charge in [0.15, 0.2) is 5.76 Å². The lowest BCUT2D eigenvalue weighted by molar-refractivity contribution is -0.199. The molecule has 0 aromatic heterocycles. The Labute approximate surface area is 210 Å². The maximum atomic E-state index is 12.9. The van der Waals surface area contributed by atoms with Crippen LogP contribution in [0.4, 0.5) is 0 Å². The van der Waals surface area contributed by atoms with Crippen molar-refractivity contribution in [2.45, 2.75) is 99.0 Å². The molecule has 0 unspecified atom stereocenters. The van der Waals surface area contributed by atoms with Crippen molar-refractivity contribution in [3.8, 4) is 0 Å². The van der Waals surface area contributed by atoms with E-state index in [9.17, 15) is 24.9 Å². The third-order valence-electron chi connectivity index (χ3n) is 12.8. The summed E-state index contributed by atoms with van der Waals surface area (Å²) in [6, 6.07) is 0. The molecule has 5 aliphatic carbocycles. The zero-order chi connectivity index (χ0) is 26.0. The molecule has 5 heteroatoms. The molecule has 0 heterocycles. The molecule has 3 saturated carbocycles. The number of ketones is 1. The van der Waals surface area contributed by atoms with Crippen molar-refractivity contribution in [3.05, 3.63) is 23.5 Å². The van der Waals surface area contributed by atoms with Crippen LogP contribution in [-0.4, -0.2) is 32.7 Å². The highest BCUT2D eigenvalue weighted by atomic mass is 16.4. The summed E-state index contributed by atoms with van der Waals surface area (Å²) < 4.78 is 0. The second-order valence-electron chi connectivity index (χ2n) is 14.3. The van der Waals surface area contributed by atoms with Gasteiger partial charge in [-0.25, -0.2) is 0 Å². The van der Waals surface area contributed by atoms with E-state index in [1.54, 1.807) is 0 Å². The molecule has 5 nitrogen and oxygen atoms in total. The first-order valence-electron chi connectivity index (χ1n) is 13.6. The second kappa shape index (κ2) is 7.02. The maximum absolute atomic E-state index is 12.9. The lowest BCUT2D eigenvalue weighted by atomic mass is 9.33. The smallest absolute Gasteiger partial charge is 0.310 e. The first kappa shape index (κ1) is 25.0. The van der Waals surface area contributed by atoms with Crippen LogP contribution < -0.4 is 0 Å². The van der Waals surface area contributed by atoms with Gasteiger partial charge in [-0.1, -0.05) is 53.2 Å². The van der Waals surface area contributed by atoms with Gasteiger partial charge in [-0.2, -0.15) is 0 Å². The van der Waals surface area contributed by atoms with Gasteiger partial charge in [0, 0.05) is 11.3 Å². The van der Waals surface area contributed by atoms with Gasteiger partial charge < -0.3 is 15.3 Å². The Morgan fingerprint density at radius 1 is 0.971 bits per heavy atom. The minimum absolute atomic E-state index is 0.0343. The first-order valence-corrected chi connectivity index (χ1v) is 13.6. The fraction of sp³-hybridized carbons (Fsp3) is 0.800. The summed E-state index contributed by atoms with van der Waals surface area (Å²) in [6.07, 6.45) is 9.49. The summed E-state index contributed by atoms with van der Waals surface area (Å²) >= 11 is 0. The Kier molecular flexibility index (Phi) is 5.03. The van der Waals surface area contributed by atoms with Crippen LogP contribution in [-0.2, 0) is 9.59 Å². The Morgan fingerprint density at radius 2 is 1.63 bits per heavy atom. The zero-order valence-corrected chi connectivity index (χ0v) is 22.6. The van der Waals surface area contributed by atoms with Crippen molar-refractivity contribution >= 4 is 11.8 Å². The third kappa shape index (κ3) is 2.74. The summed E-state index contributed by atoms with van der Waals surface area (Å²) in [6.45, 7) is 14.8. The number of aliphatic hydroxyl groups excluding tert-OH is 1. The highest BCUT2D eigenvalue weighted by Gasteiger charge is 2.71. The van der Waals surface area contributed by atoms with Crippen molar-refractivity contribution < 1.29 is 24.9 Å². The van der Waals surface area contributed by atoms with Crippen LogP contribution >= 0.6 is 0 Å². The van der Waals surface area contributed by atoms with Crippen LogP contribution in [0.1, 0.15) is 93.4 Å². The lowest BCUT2D eigenvalue weighted by Crippen LogP contribution is -2.67. The van der Waals surface area contributed by atoms with Crippen LogP contribution in [0, 0.1) is 50.7 Å². The normalized spacial score (nSPS) is 52.7. The number of carboxylic acid groups (broad SMARTS) is 1. The molecule has 0 aromatic rings. The topological polar surface area (TPSA) is 94.8 Å². The van der Waals surface area contributed by atoms with Crippen molar-refractivity contribution in [1.82, 2.24) is 0 Å². The standard InChI is InChI=1S/C30H44O5/c1-17-10-13-30(24(33)34)15-14-27(5)18(22(30)29(17,7)35)8-9-21-26(4)16-19(31)23(32)25(2,3)20(26)11-12-28(21,27)6/h8,16-17,20-22,31,35H,9-15H2,1-7H3,(H,33,34)/t17-,20-,21-,22-,26+,27-,28-,29-,30+/m1/s1. The van der Waals surface area contributed by atoms with Crippen LogP contribution in [0.3, 0.4) is 0 Å². The fourth-order valence-corrected chi connectivity index (χ4v) is 10.3. The van der Waals surface area contributed by atoms with E-state index in [2.05, 4.69) is 33.8 Å². The van der Waals surface area contributed by atoms with Crippen LogP contribution in [0.25, 0.3) is 0 Å². The number of carboxylic acids is 1. The summed E-state index contributed by atoms with van der Waals surface area (Å²) in [5.74, 6) is -1.01. The van der Waals surface area contributed by atoms with Crippen LogP contribution in [0.5, 0.6) is 0 Å². The Balaban J connectivity index is 1.68. The van der Waals surface area contributed by atoms with Gasteiger partial charge in [-0.05, 0) is 91.9 Å². The maximum Gasteiger partial charge on any atom is 0.310 e. The van der Waals surface area contributed by atoms with Gasteiger partial charge in [-0.15, -0.1) is 0 Å². The van der Waals surface area contributed by atoms with Crippen molar-refractivity contribution in [2.75, 3.05) is 0 Å². The molecule has 5 rings (SSSR count). The summed E-state index contributed by atoms with van der Waals surface area (Å²) in [5, 5.41) is 33.1. The van der Waals surface area contributed by atoms with E-state index < -0.39 is 28.3 Å². The average molecular weight is 485 g/mol. The minimum Gasteiger partial charge on any atom is -0.505 e. The first-order chi connectivity index (χ1) is 16.0. The zero-order valence-electron chi connectivity index (χ0n) is 22.6. The van der Waals surface area contributed by atoms with Gasteiger partial charge in [-0.3, -0.25) is 9.59 Å². The van der Waals surface area contributed by atoms with E-state index in [1.807, 2.05) is 26.8 Å². The van der Waals surface area contributed by atoms with Gasteiger partial charge in [0.25, 0.3) is 0 Å². The van der Waals surface area contributed by atoms with Crippen LogP contribution in [0.15, 0.2) is 23.5 Å².